The zero-order valence-electron chi connectivity index (χ0n) is 8.03. The normalized spacial score (nSPS) is 37.5. The quantitative estimate of drug-likeness (QED) is 0.732. The lowest BCUT2D eigenvalue weighted by Crippen LogP contribution is -2.17. The van der Waals surface area contributed by atoms with Crippen molar-refractivity contribution in [2.24, 2.45) is 11.3 Å². The third-order valence-corrected chi connectivity index (χ3v) is 4.00. The molecule has 2 aliphatic carbocycles. The van der Waals surface area contributed by atoms with E-state index in [-0.39, 0.29) is 5.92 Å². The van der Waals surface area contributed by atoms with Crippen molar-refractivity contribution in [1.82, 2.24) is 0 Å². The SMILES string of the molecule is C[C@]1(C(=O)O)[C@@H]2Cc3ccccc3[C@H]21. The van der Waals surface area contributed by atoms with Crippen molar-refractivity contribution in [3.63, 3.8) is 0 Å². The minimum Gasteiger partial charge on any atom is -0.481 e. The molecular weight excluding hydrogens is 176 g/mol. The van der Waals surface area contributed by atoms with Crippen LogP contribution in [-0.2, 0) is 11.2 Å². The number of benzene rings is 1. The zero-order chi connectivity index (χ0) is 9.92. The Morgan fingerprint density at radius 3 is 2.93 bits per heavy atom. The number of rotatable bonds is 1. The van der Waals surface area contributed by atoms with Gasteiger partial charge >= 0.3 is 5.97 Å². The van der Waals surface area contributed by atoms with Crippen molar-refractivity contribution >= 4 is 5.97 Å². The molecule has 0 unspecified atom stereocenters. The molecule has 3 atom stereocenters. The van der Waals surface area contributed by atoms with E-state index in [1.165, 1.54) is 11.1 Å². The van der Waals surface area contributed by atoms with Gasteiger partial charge in [-0.15, -0.1) is 0 Å². The van der Waals surface area contributed by atoms with Gasteiger partial charge in [-0.2, -0.15) is 0 Å². The predicted molar refractivity (Wildman–Crippen MR) is 52.1 cm³/mol. The molecule has 2 heteroatoms. The number of carboxylic acid groups (broad SMARTS) is 1. The third-order valence-electron chi connectivity index (χ3n) is 4.00. The summed E-state index contributed by atoms with van der Waals surface area (Å²) >= 11 is 0. The van der Waals surface area contributed by atoms with Crippen LogP contribution in [0.25, 0.3) is 0 Å². The van der Waals surface area contributed by atoms with Gasteiger partial charge in [0.1, 0.15) is 0 Å². The van der Waals surface area contributed by atoms with Crippen molar-refractivity contribution in [3.8, 4) is 0 Å². The van der Waals surface area contributed by atoms with Gasteiger partial charge in [0, 0.05) is 5.92 Å². The third kappa shape index (κ3) is 0.707. The molecule has 0 spiro atoms. The number of hydrogen-bond donors (Lipinski definition) is 1. The Kier molecular flexibility index (Phi) is 1.26. The molecule has 0 aromatic heterocycles. The molecule has 0 saturated heterocycles. The number of carboxylic acids is 1. The van der Waals surface area contributed by atoms with Crippen LogP contribution in [0, 0.1) is 11.3 Å². The summed E-state index contributed by atoms with van der Waals surface area (Å²) in [5.74, 6) is -0.0180. The van der Waals surface area contributed by atoms with E-state index in [4.69, 9.17) is 5.11 Å². The number of carbonyl (C=O) groups is 1. The minimum absolute atomic E-state index is 0.274. The molecule has 1 saturated carbocycles. The van der Waals surface area contributed by atoms with Gasteiger partial charge in [0.05, 0.1) is 5.41 Å². The Morgan fingerprint density at radius 2 is 2.21 bits per heavy atom. The molecule has 1 aromatic rings. The predicted octanol–water partition coefficient (Wildman–Crippen LogP) is 2.05. The summed E-state index contributed by atoms with van der Waals surface area (Å²) in [6, 6.07) is 8.22. The first kappa shape index (κ1) is 8.04. The fourth-order valence-electron chi connectivity index (χ4n) is 3.02. The van der Waals surface area contributed by atoms with Crippen LogP contribution in [-0.4, -0.2) is 11.1 Å². The van der Waals surface area contributed by atoms with E-state index in [2.05, 4.69) is 12.1 Å². The van der Waals surface area contributed by atoms with Crippen molar-refractivity contribution in [2.75, 3.05) is 0 Å². The summed E-state index contributed by atoms with van der Waals surface area (Å²) in [5, 5.41) is 9.14. The molecule has 0 aliphatic heterocycles. The molecule has 2 nitrogen and oxygen atoms in total. The van der Waals surface area contributed by atoms with E-state index in [0.29, 0.717) is 5.92 Å². The van der Waals surface area contributed by atoms with Crippen molar-refractivity contribution in [3.05, 3.63) is 35.4 Å². The van der Waals surface area contributed by atoms with E-state index >= 15 is 0 Å². The number of hydrogen-bond acceptors (Lipinski definition) is 1. The van der Waals surface area contributed by atoms with Crippen LogP contribution in [0.2, 0.25) is 0 Å². The van der Waals surface area contributed by atoms with Gasteiger partial charge in [-0.3, -0.25) is 4.79 Å². The molecular formula is C12H12O2. The Bertz CT molecular complexity index is 424. The second-order valence-corrected chi connectivity index (χ2v) is 4.57. The maximum absolute atomic E-state index is 11.1. The fourth-order valence-corrected chi connectivity index (χ4v) is 3.02. The van der Waals surface area contributed by atoms with Crippen LogP contribution in [0.15, 0.2) is 24.3 Å². The smallest absolute Gasteiger partial charge is 0.310 e. The van der Waals surface area contributed by atoms with Gasteiger partial charge in [0.15, 0.2) is 0 Å². The van der Waals surface area contributed by atoms with E-state index in [1.54, 1.807) is 0 Å². The molecule has 1 fully saturated rings. The first-order valence-electron chi connectivity index (χ1n) is 4.97. The summed E-state index contributed by atoms with van der Waals surface area (Å²) in [6.45, 7) is 1.88. The van der Waals surface area contributed by atoms with Gasteiger partial charge in [0.2, 0.25) is 0 Å². The van der Waals surface area contributed by atoms with Gasteiger partial charge < -0.3 is 5.11 Å². The Balaban J connectivity index is 2.05. The molecule has 0 radical (unpaired) electrons. The summed E-state index contributed by atoms with van der Waals surface area (Å²) in [6.07, 6.45) is 0.948. The maximum atomic E-state index is 11.1. The van der Waals surface area contributed by atoms with Crippen LogP contribution in [0.5, 0.6) is 0 Å². The highest BCUT2D eigenvalue weighted by atomic mass is 16.4. The monoisotopic (exact) mass is 188 g/mol. The largest absolute Gasteiger partial charge is 0.481 e. The van der Waals surface area contributed by atoms with Crippen LogP contribution in [0.3, 0.4) is 0 Å². The average Bonchev–Trinajstić information content (AvgIpc) is 2.58. The highest BCUT2D eigenvalue weighted by molar-refractivity contribution is 5.82. The van der Waals surface area contributed by atoms with Crippen LogP contribution >= 0.6 is 0 Å². The summed E-state index contributed by atoms with van der Waals surface area (Å²) < 4.78 is 0. The number of fused-ring (bicyclic) bond motifs is 3. The zero-order valence-corrected chi connectivity index (χ0v) is 8.03. The molecule has 1 N–H and O–H groups in total. The number of aliphatic carboxylic acids is 1. The van der Waals surface area contributed by atoms with Crippen LogP contribution in [0.4, 0.5) is 0 Å². The topological polar surface area (TPSA) is 37.3 Å². The van der Waals surface area contributed by atoms with E-state index in [1.807, 2.05) is 19.1 Å². The van der Waals surface area contributed by atoms with Crippen molar-refractivity contribution < 1.29 is 9.90 Å². The standard InChI is InChI=1S/C12H12O2/c1-12(11(13)14)9-6-7-4-2-3-5-8(7)10(9)12/h2-5,9-10H,6H2,1H3,(H,13,14)/t9-,10-,12+/m1/s1. The Hall–Kier alpha value is -1.31. The summed E-state index contributed by atoms with van der Waals surface area (Å²) in [4.78, 5) is 11.1. The fraction of sp³-hybridized carbons (Fsp3) is 0.417. The van der Waals surface area contributed by atoms with Crippen LogP contribution < -0.4 is 0 Å². The molecule has 3 rings (SSSR count). The Labute approximate surface area is 82.6 Å². The summed E-state index contributed by atoms with van der Waals surface area (Å²) in [5.41, 5.74) is 2.14. The lowest BCUT2D eigenvalue weighted by molar-refractivity contribution is -0.143. The first-order chi connectivity index (χ1) is 6.65. The van der Waals surface area contributed by atoms with E-state index < -0.39 is 11.4 Å². The molecule has 0 heterocycles. The van der Waals surface area contributed by atoms with Crippen LogP contribution in [0.1, 0.15) is 24.0 Å². The highest BCUT2D eigenvalue weighted by Crippen LogP contribution is 2.70. The van der Waals surface area contributed by atoms with E-state index in [0.717, 1.165) is 6.42 Å². The second-order valence-electron chi connectivity index (χ2n) is 4.57. The Morgan fingerprint density at radius 1 is 1.50 bits per heavy atom. The molecule has 1 aromatic carbocycles. The first-order valence-corrected chi connectivity index (χ1v) is 4.97. The maximum Gasteiger partial charge on any atom is 0.310 e. The molecule has 0 amide bonds. The van der Waals surface area contributed by atoms with Gasteiger partial charge in [0.25, 0.3) is 0 Å². The van der Waals surface area contributed by atoms with Gasteiger partial charge in [-0.05, 0) is 30.4 Å². The summed E-state index contributed by atoms with van der Waals surface area (Å²) in [7, 11) is 0. The molecule has 2 aliphatic rings. The average molecular weight is 188 g/mol. The van der Waals surface area contributed by atoms with E-state index in [9.17, 15) is 4.79 Å². The minimum atomic E-state index is -0.637. The van der Waals surface area contributed by atoms with Gasteiger partial charge in [-0.1, -0.05) is 24.3 Å². The highest BCUT2D eigenvalue weighted by Gasteiger charge is 2.69. The molecule has 14 heavy (non-hydrogen) atoms. The lowest BCUT2D eigenvalue weighted by atomic mass is 9.93. The van der Waals surface area contributed by atoms with Gasteiger partial charge in [-0.25, -0.2) is 0 Å². The lowest BCUT2D eigenvalue weighted by Gasteiger charge is -2.11. The molecule has 72 valence electrons. The van der Waals surface area contributed by atoms with Crippen molar-refractivity contribution in [2.45, 2.75) is 19.3 Å². The van der Waals surface area contributed by atoms with Crippen molar-refractivity contribution in [1.29, 1.82) is 0 Å². The molecule has 0 bridgehead atoms. The second kappa shape index (κ2) is 2.19.